The highest BCUT2D eigenvalue weighted by Gasteiger charge is 2.52. The molecule has 1 unspecified atom stereocenters. The van der Waals surface area contributed by atoms with Crippen molar-refractivity contribution >= 4 is 5.91 Å². The number of hydrogen-bond donors (Lipinski definition) is 2. The fourth-order valence-electron chi connectivity index (χ4n) is 4.05. The summed E-state index contributed by atoms with van der Waals surface area (Å²) in [6.45, 7) is 3.83. The number of carbonyl (C=O) groups excluding carboxylic acids is 1. The minimum absolute atomic E-state index is 0.243. The number of pyridine rings is 1. The molecule has 1 amide bonds. The van der Waals surface area contributed by atoms with Crippen LogP contribution in [0.4, 0.5) is 8.78 Å². The van der Waals surface area contributed by atoms with Crippen LogP contribution in [-0.4, -0.2) is 22.7 Å². The summed E-state index contributed by atoms with van der Waals surface area (Å²) in [5.41, 5.74) is 1.22. The summed E-state index contributed by atoms with van der Waals surface area (Å²) in [5, 5.41) is 9.32. The van der Waals surface area contributed by atoms with Gasteiger partial charge in [0.2, 0.25) is 0 Å². The number of hydrogen-bond acceptors (Lipinski definition) is 4. The van der Waals surface area contributed by atoms with Crippen molar-refractivity contribution in [3.8, 4) is 5.75 Å². The van der Waals surface area contributed by atoms with Crippen LogP contribution < -0.4 is 10.2 Å². The highest BCUT2D eigenvalue weighted by molar-refractivity contribution is 5.88. The fourth-order valence-corrected chi connectivity index (χ4v) is 4.05. The molecule has 1 aliphatic carbocycles. The van der Waals surface area contributed by atoms with Gasteiger partial charge >= 0.3 is 0 Å². The topological polar surface area (TPSA) is 71.5 Å². The normalized spacial score (nSPS) is 24.6. The molecule has 5 nitrogen and oxygen atoms in total. The number of nitrogens with one attached hydrogen (secondary N) is 1. The molecule has 0 radical (unpaired) electrons. The lowest BCUT2D eigenvalue weighted by molar-refractivity contribution is -0.135. The second kappa shape index (κ2) is 7.23. The Kier molecular flexibility index (Phi) is 5.15. The largest absolute Gasteiger partial charge is 0.491 e. The van der Waals surface area contributed by atoms with Gasteiger partial charge in [0.15, 0.2) is 0 Å². The summed E-state index contributed by atoms with van der Waals surface area (Å²) >= 11 is 0. The zero-order chi connectivity index (χ0) is 19.7. The van der Waals surface area contributed by atoms with E-state index in [1.54, 1.807) is 24.5 Å². The molecule has 7 heteroatoms. The summed E-state index contributed by atoms with van der Waals surface area (Å²) in [6, 6.07) is 5.87. The van der Waals surface area contributed by atoms with Crippen molar-refractivity contribution < 1.29 is 23.5 Å². The summed E-state index contributed by atoms with van der Waals surface area (Å²) < 4.78 is 33.1. The third kappa shape index (κ3) is 3.64. The van der Waals surface area contributed by atoms with Gasteiger partial charge in [-0.1, -0.05) is 19.1 Å². The van der Waals surface area contributed by atoms with Gasteiger partial charge < -0.3 is 4.74 Å². The van der Waals surface area contributed by atoms with Crippen LogP contribution >= 0.6 is 0 Å². The van der Waals surface area contributed by atoms with E-state index in [9.17, 15) is 18.8 Å². The molecule has 0 aliphatic heterocycles. The molecular weight excluding hydrogens is 354 g/mol. The predicted molar refractivity (Wildman–Crippen MR) is 94.4 cm³/mol. The molecule has 0 spiro atoms. The molecule has 144 valence electrons. The molecule has 0 saturated heterocycles. The molecule has 1 aromatic carbocycles. The molecule has 1 saturated carbocycles. The zero-order valence-corrected chi connectivity index (χ0v) is 15.3. The van der Waals surface area contributed by atoms with Gasteiger partial charge in [-0.25, -0.2) is 14.3 Å². The fraction of sp³-hybridized carbons (Fsp3) is 0.400. The van der Waals surface area contributed by atoms with E-state index < -0.39 is 28.4 Å². The van der Waals surface area contributed by atoms with E-state index in [0.717, 1.165) is 6.20 Å². The number of halogens is 2. The number of carbonyl (C=O) groups is 1. The quantitative estimate of drug-likeness (QED) is 0.617. The second-order valence-corrected chi connectivity index (χ2v) is 7.55. The van der Waals surface area contributed by atoms with Crippen molar-refractivity contribution in [2.24, 2.45) is 5.41 Å². The number of ether oxygens (including phenoxy) is 1. The van der Waals surface area contributed by atoms with Crippen LogP contribution in [0.1, 0.15) is 37.3 Å². The molecule has 1 fully saturated rings. The lowest BCUT2D eigenvalue weighted by atomic mass is 9.73. The molecule has 2 N–H and O–H groups in total. The first-order valence-electron chi connectivity index (χ1n) is 8.73. The van der Waals surface area contributed by atoms with Crippen molar-refractivity contribution in [3.05, 3.63) is 59.4 Å². The third-order valence-electron chi connectivity index (χ3n) is 5.47. The minimum Gasteiger partial charge on any atom is -0.491 e. The van der Waals surface area contributed by atoms with Gasteiger partial charge in [-0.3, -0.25) is 15.0 Å². The van der Waals surface area contributed by atoms with Crippen molar-refractivity contribution in [2.45, 2.75) is 38.5 Å². The van der Waals surface area contributed by atoms with E-state index in [1.807, 2.05) is 6.92 Å². The molecule has 3 rings (SSSR count). The van der Waals surface area contributed by atoms with Gasteiger partial charge in [0.25, 0.3) is 5.91 Å². The molecule has 1 aromatic heterocycles. The van der Waals surface area contributed by atoms with E-state index in [1.165, 1.54) is 18.3 Å². The maximum Gasteiger partial charge on any atom is 0.254 e. The van der Waals surface area contributed by atoms with E-state index in [2.05, 4.69) is 4.98 Å². The summed E-state index contributed by atoms with van der Waals surface area (Å²) in [7, 11) is 0. The first-order chi connectivity index (χ1) is 12.8. The standard InChI is InChI=1S/C20H22F2N2O3/c1-13-16(4-3-5-17(13)22)20(18(25)24-26)7-6-19(2,11-20)12-27-15-8-14(21)9-23-10-15/h3-5,8-10,26H,6-7,11-12H2,1-2H3,(H,24,25)/t19?,20-/m0/s1. The minimum atomic E-state index is -1.06. The third-order valence-corrected chi connectivity index (χ3v) is 5.47. The smallest absolute Gasteiger partial charge is 0.254 e. The summed E-state index contributed by atoms with van der Waals surface area (Å²) in [5.74, 6) is -1.14. The van der Waals surface area contributed by atoms with Crippen LogP contribution in [0, 0.1) is 24.0 Å². The Bertz CT molecular complexity index is 861. The monoisotopic (exact) mass is 376 g/mol. The van der Waals surface area contributed by atoms with Crippen molar-refractivity contribution in [1.29, 1.82) is 0 Å². The Labute approximate surface area is 156 Å². The van der Waals surface area contributed by atoms with E-state index in [0.29, 0.717) is 36.1 Å². The Morgan fingerprint density at radius 3 is 2.81 bits per heavy atom. The number of amides is 1. The van der Waals surface area contributed by atoms with Gasteiger partial charge in [-0.15, -0.1) is 0 Å². The van der Waals surface area contributed by atoms with Gasteiger partial charge in [-0.05, 0) is 43.4 Å². The Hall–Kier alpha value is -2.54. The van der Waals surface area contributed by atoms with Crippen molar-refractivity contribution in [2.75, 3.05) is 6.61 Å². The lowest BCUT2D eigenvalue weighted by Gasteiger charge is -2.32. The van der Waals surface area contributed by atoms with Crippen LogP contribution in [0.15, 0.2) is 36.7 Å². The SMILES string of the molecule is Cc1c(F)cccc1[C@]1(C(=O)NO)CCC(C)(COc2cncc(F)c2)C1. The molecule has 2 aromatic rings. The highest BCUT2D eigenvalue weighted by atomic mass is 19.1. The zero-order valence-electron chi connectivity index (χ0n) is 15.3. The van der Waals surface area contributed by atoms with Gasteiger partial charge in [0.05, 0.1) is 24.4 Å². The van der Waals surface area contributed by atoms with Crippen LogP contribution in [-0.2, 0) is 10.2 Å². The molecular formula is C20H22F2N2O3. The predicted octanol–water partition coefficient (Wildman–Crippen LogP) is 3.68. The first-order valence-corrected chi connectivity index (χ1v) is 8.73. The van der Waals surface area contributed by atoms with E-state index in [4.69, 9.17) is 4.74 Å². The van der Waals surface area contributed by atoms with Crippen LogP contribution in [0.2, 0.25) is 0 Å². The summed E-state index contributed by atoms with van der Waals surface area (Å²) in [6.07, 6.45) is 3.93. The Morgan fingerprint density at radius 1 is 1.33 bits per heavy atom. The van der Waals surface area contributed by atoms with E-state index >= 15 is 0 Å². The average molecular weight is 376 g/mol. The van der Waals surface area contributed by atoms with Gasteiger partial charge in [0.1, 0.15) is 17.4 Å². The average Bonchev–Trinajstić information content (AvgIpc) is 3.01. The molecule has 1 aliphatic rings. The number of benzene rings is 1. The van der Waals surface area contributed by atoms with Crippen LogP contribution in [0.25, 0.3) is 0 Å². The Morgan fingerprint density at radius 2 is 2.11 bits per heavy atom. The van der Waals surface area contributed by atoms with E-state index in [-0.39, 0.29) is 6.61 Å². The van der Waals surface area contributed by atoms with Crippen molar-refractivity contribution in [1.82, 2.24) is 10.5 Å². The molecule has 2 atom stereocenters. The van der Waals surface area contributed by atoms with Crippen LogP contribution in [0.5, 0.6) is 5.75 Å². The maximum absolute atomic E-state index is 14.1. The number of hydroxylamine groups is 1. The molecule has 27 heavy (non-hydrogen) atoms. The van der Waals surface area contributed by atoms with Crippen molar-refractivity contribution in [3.63, 3.8) is 0 Å². The number of aromatic nitrogens is 1. The number of nitrogens with zero attached hydrogens (tertiary/aromatic N) is 1. The molecule has 1 heterocycles. The Balaban J connectivity index is 1.87. The maximum atomic E-state index is 14.1. The molecule has 0 bridgehead atoms. The highest BCUT2D eigenvalue weighted by Crippen LogP contribution is 2.52. The van der Waals surface area contributed by atoms with Gasteiger partial charge in [-0.2, -0.15) is 0 Å². The van der Waals surface area contributed by atoms with Gasteiger partial charge in [0, 0.05) is 11.5 Å². The number of rotatable bonds is 5. The lowest BCUT2D eigenvalue weighted by Crippen LogP contribution is -2.43. The summed E-state index contributed by atoms with van der Waals surface area (Å²) in [4.78, 5) is 16.4. The second-order valence-electron chi connectivity index (χ2n) is 7.55. The first kappa shape index (κ1) is 19.2. The van der Waals surface area contributed by atoms with Crippen LogP contribution in [0.3, 0.4) is 0 Å².